The lowest BCUT2D eigenvalue weighted by Crippen LogP contribution is -2.35. The Morgan fingerprint density at radius 2 is 1.74 bits per heavy atom. The quantitative estimate of drug-likeness (QED) is 0.464. The molecule has 8 heteroatoms. The molecule has 1 atom stereocenters. The zero-order valence-corrected chi connectivity index (χ0v) is 16.8. The van der Waals surface area contributed by atoms with E-state index in [1.165, 1.54) is 13.2 Å². The van der Waals surface area contributed by atoms with Crippen molar-refractivity contribution in [2.24, 2.45) is 0 Å². The van der Waals surface area contributed by atoms with E-state index in [0.717, 1.165) is 11.3 Å². The lowest BCUT2D eigenvalue weighted by molar-refractivity contribution is -0.129. The highest BCUT2D eigenvalue weighted by Gasteiger charge is 2.24. The predicted octanol–water partition coefficient (Wildman–Crippen LogP) is 3.39. The summed E-state index contributed by atoms with van der Waals surface area (Å²) in [5.74, 6) is -0.271. The molecule has 4 aromatic rings. The fourth-order valence-corrected chi connectivity index (χ4v) is 2.92. The molecule has 31 heavy (non-hydrogen) atoms. The summed E-state index contributed by atoms with van der Waals surface area (Å²) in [6.07, 6.45) is 0.496. The van der Waals surface area contributed by atoms with Crippen LogP contribution in [-0.4, -0.2) is 32.7 Å². The molecule has 1 amide bonds. The highest BCUT2D eigenvalue weighted by molar-refractivity contribution is 5.89. The van der Waals surface area contributed by atoms with Crippen LogP contribution in [0, 0.1) is 0 Å². The molecule has 8 nitrogen and oxygen atoms in total. The Bertz CT molecular complexity index is 1100. The molecule has 2 heterocycles. The van der Waals surface area contributed by atoms with Gasteiger partial charge in [-0.1, -0.05) is 48.5 Å². The number of benzene rings is 2. The normalized spacial score (nSPS) is 11.6. The third-order valence-corrected chi connectivity index (χ3v) is 4.49. The monoisotopic (exact) mass is 416 g/mol. The van der Waals surface area contributed by atoms with Crippen LogP contribution in [-0.2, 0) is 16.1 Å². The lowest BCUT2D eigenvalue weighted by Gasteiger charge is -2.11. The zero-order valence-electron chi connectivity index (χ0n) is 16.8. The van der Waals surface area contributed by atoms with Crippen molar-refractivity contribution in [3.63, 3.8) is 0 Å². The van der Waals surface area contributed by atoms with Crippen LogP contribution < -0.4 is 5.32 Å². The summed E-state index contributed by atoms with van der Waals surface area (Å²) in [6, 6.07) is 22.2. The average molecular weight is 416 g/mol. The predicted molar refractivity (Wildman–Crippen MR) is 112 cm³/mol. The maximum absolute atomic E-state index is 12.7. The van der Waals surface area contributed by atoms with Crippen LogP contribution in [0.1, 0.15) is 23.3 Å². The van der Waals surface area contributed by atoms with E-state index < -0.39 is 18.0 Å². The number of hydrogen-bond donors (Lipinski definition) is 1. The summed E-state index contributed by atoms with van der Waals surface area (Å²) in [5, 5.41) is 6.99. The van der Waals surface area contributed by atoms with Crippen molar-refractivity contribution in [3.8, 4) is 17.1 Å². The molecule has 0 aliphatic heterocycles. The first kappa shape index (κ1) is 20.1. The molecular weight excluding hydrogens is 396 g/mol. The Hall–Kier alpha value is -4.20. The van der Waals surface area contributed by atoms with Crippen LogP contribution >= 0.6 is 0 Å². The van der Waals surface area contributed by atoms with Gasteiger partial charge in [0.25, 0.3) is 11.7 Å². The molecule has 2 aromatic carbocycles. The van der Waals surface area contributed by atoms with E-state index in [1.807, 2.05) is 60.7 Å². The van der Waals surface area contributed by atoms with Gasteiger partial charge in [-0.2, -0.15) is 0 Å². The van der Waals surface area contributed by atoms with E-state index in [2.05, 4.69) is 15.4 Å². The number of ether oxygens (including phenoxy) is 1. The second-order valence-electron chi connectivity index (χ2n) is 6.72. The minimum Gasteiger partial charge on any atom is -0.467 e. The summed E-state index contributed by atoms with van der Waals surface area (Å²) in [4.78, 5) is 29.3. The highest BCUT2D eigenvalue weighted by Crippen LogP contribution is 2.21. The van der Waals surface area contributed by atoms with Crippen molar-refractivity contribution in [2.45, 2.75) is 19.6 Å². The van der Waals surface area contributed by atoms with Gasteiger partial charge in [0.2, 0.25) is 0 Å². The Morgan fingerprint density at radius 1 is 1.03 bits per heavy atom. The zero-order chi connectivity index (χ0) is 21.6. The van der Waals surface area contributed by atoms with E-state index in [1.54, 1.807) is 16.8 Å². The second kappa shape index (κ2) is 9.08. The fraction of sp³-hybridized carbons (Fsp3) is 0.130. The van der Waals surface area contributed by atoms with Gasteiger partial charge in [0.05, 0.1) is 18.5 Å². The summed E-state index contributed by atoms with van der Waals surface area (Å²) in [7, 11) is 0. The van der Waals surface area contributed by atoms with Gasteiger partial charge in [-0.3, -0.25) is 4.79 Å². The average Bonchev–Trinajstić information content (AvgIpc) is 3.49. The van der Waals surface area contributed by atoms with E-state index >= 15 is 0 Å². The van der Waals surface area contributed by atoms with Gasteiger partial charge in [0.15, 0.2) is 11.9 Å². The highest BCUT2D eigenvalue weighted by atomic mass is 16.5. The molecule has 0 aliphatic rings. The van der Waals surface area contributed by atoms with Crippen molar-refractivity contribution in [1.82, 2.24) is 20.1 Å². The smallest absolute Gasteiger partial charge is 0.379 e. The van der Waals surface area contributed by atoms with Crippen LogP contribution in [0.5, 0.6) is 0 Å². The summed E-state index contributed by atoms with van der Waals surface area (Å²) in [6.45, 7) is 1.69. The maximum atomic E-state index is 12.7. The van der Waals surface area contributed by atoms with Gasteiger partial charge in [-0.05, 0) is 31.2 Å². The number of amides is 1. The Morgan fingerprint density at radius 3 is 2.42 bits per heavy atom. The number of furan rings is 1. The second-order valence-corrected chi connectivity index (χ2v) is 6.72. The maximum Gasteiger partial charge on any atom is 0.379 e. The molecule has 0 fully saturated rings. The number of nitrogens with zero attached hydrogens (tertiary/aromatic N) is 3. The van der Waals surface area contributed by atoms with E-state index in [9.17, 15) is 9.59 Å². The first-order chi connectivity index (χ1) is 15.1. The number of esters is 1. The third-order valence-electron chi connectivity index (χ3n) is 4.49. The van der Waals surface area contributed by atoms with Crippen LogP contribution in [0.4, 0.5) is 0 Å². The number of carbonyl (C=O) groups is 2. The molecule has 2 aromatic heterocycles. The third kappa shape index (κ3) is 4.69. The molecule has 0 spiro atoms. The van der Waals surface area contributed by atoms with Gasteiger partial charge >= 0.3 is 5.97 Å². The molecule has 0 saturated carbocycles. The molecule has 0 saturated heterocycles. The van der Waals surface area contributed by atoms with Crippen molar-refractivity contribution in [1.29, 1.82) is 0 Å². The van der Waals surface area contributed by atoms with Crippen molar-refractivity contribution in [2.75, 3.05) is 0 Å². The van der Waals surface area contributed by atoms with E-state index in [4.69, 9.17) is 9.15 Å². The molecule has 0 aliphatic carbocycles. The largest absolute Gasteiger partial charge is 0.467 e. The minimum absolute atomic E-state index is 0.131. The Kier molecular flexibility index (Phi) is 5.89. The van der Waals surface area contributed by atoms with Gasteiger partial charge < -0.3 is 14.5 Å². The topological polar surface area (TPSA) is 99.2 Å². The summed E-state index contributed by atoms with van der Waals surface area (Å²) < 4.78 is 12.0. The molecule has 4 rings (SSSR count). The number of nitrogens with one attached hydrogen (secondary N) is 1. The molecule has 1 N–H and O–H groups in total. The van der Waals surface area contributed by atoms with Gasteiger partial charge in [-0.15, -0.1) is 5.10 Å². The number of hydrogen-bond acceptors (Lipinski definition) is 6. The minimum atomic E-state index is -1.02. The van der Waals surface area contributed by atoms with Crippen LogP contribution in [0.2, 0.25) is 0 Å². The van der Waals surface area contributed by atoms with Gasteiger partial charge in [-0.25, -0.2) is 14.5 Å². The fourth-order valence-electron chi connectivity index (χ4n) is 2.92. The number of aromatic nitrogens is 3. The first-order valence-electron chi connectivity index (χ1n) is 9.71. The van der Waals surface area contributed by atoms with Gasteiger partial charge in [0.1, 0.15) is 5.76 Å². The van der Waals surface area contributed by atoms with Crippen LogP contribution in [0.15, 0.2) is 83.5 Å². The number of para-hydroxylation sites is 1. The van der Waals surface area contributed by atoms with Crippen molar-refractivity contribution in [3.05, 3.63) is 90.6 Å². The SMILES string of the molecule is CC(OC(=O)c1nc(-c2ccccc2)n(-c2ccccc2)n1)C(=O)NCc1ccco1. The molecule has 1 unspecified atom stereocenters. The molecule has 0 bridgehead atoms. The summed E-state index contributed by atoms with van der Waals surface area (Å²) >= 11 is 0. The summed E-state index contributed by atoms with van der Waals surface area (Å²) in [5.41, 5.74) is 1.54. The van der Waals surface area contributed by atoms with Gasteiger partial charge in [0, 0.05) is 5.56 Å². The van der Waals surface area contributed by atoms with Crippen molar-refractivity contribution >= 4 is 11.9 Å². The number of carbonyl (C=O) groups excluding carboxylic acids is 2. The van der Waals surface area contributed by atoms with E-state index in [-0.39, 0.29) is 12.4 Å². The van der Waals surface area contributed by atoms with E-state index in [0.29, 0.717) is 11.6 Å². The Balaban J connectivity index is 1.52. The van der Waals surface area contributed by atoms with Crippen molar-refractivity contribution < 1.29 is 18.7 Å². The lowest BCUT2D eigenvalue weighted by atomic mass is 10.2. The van der Waals surface area contributed by atoms with Crippen LogP contribution in [0.25, 0.3) is 17.1 Å². The Labute approximate surface area is 178 Å². The van der Waals surface area contributed by atoms with Crippen LogP contribution in [0.3, 0.4) is 0 Å². The first-order valence-corrected chi connectivity index (χ1v) is 9.71. The molecule has 0 radical (unpaired) electrons. The molecular formula is C23H20N4O4. The molecule has 156 valence electrons. The standard InChI is InChI=1S/C23H20N4O4/c1-16(22(28)24-15-19-13-8-14-30-19)31-23(29)20-25-21(17-9-4-2-5-10-17)27(26-20)18-11-6-3-7-12-18/h2-14,16H,15H2,1H3,(H,24,28). The number of rotatable bonds is 7.